The molecule has 0 aromatic rings. The van der Waals surface area contributed by atoms with Crippen LogP contribution in [0.15, 0.2) is 0 Å². The fourth-order valence-corrected chi connectivity index (χ4v) is 2.90. The molecular formula is C14H26N2O2. The predicted molar refractivity (Wildman–Crippen MR) is 71.4 cm³/mol. The van der Waals surface area contributed by atoms with Gasteiger partial charge in [0.2, 0.25) is 5.91 Å². The number of ether oxygens (including phenoxy) is 1. The molecule has 104 valence electrons. The Labute approximate surface area is 110 Å². The highest BCUT2D eigenvalue weighted by atomic mass is 16.5. The van der Waals surface area contributed by atoms with Gasteiger partial charge in [0.1, 0.15) is 0 Å². The van der Waals surface area contributed by atoms with Crippen LogP contribution in [0, 0.1) is 11.8 Å². The van der Waals surface area contributed by atoms with E-state index in [-0.39, 0.29) is 5.92 Å². The molecule has 2 rings (SSSR count). The Hall–Kier alpha value is -0.610. The SMILES string of the molecule is CN(CCC1CCOCC1)C(=O)C1CCCNC1. The maximum absolute atomic E-state index is 12.2. The van der Waals surface area contributed by atoms with E-state index in [1.807, 2.05) is 11.9 Å². The Kier molecular flexibility index (Phi) is 5.45. The summed E-state index contributed by atoms with van der Waals surface area (Å²) in [5, 5.41) is 3.31. The first-order valence-corrected chi connectivity index (χ1v) is 7.31. The van der Waals surface area contributed by atoms with E-state index in [0.29, 0.717) is 5.91 Å². The molecule has 1 unspecified atom stereocenters. The van der Waals surface area contributed by atoms with E-state index in [1.54, 1.807) is 0 Å². The number of carbonyl (C=O) groups is 1. The molecular weight excluding hydrogens is 228 g/mol. The van der Waals surface area contributed by atoms with Crippen molar-refractivity contribution in [2.45, 2.75) is 32.1 Å². The van der Waals surface area contributed by atoms with Crippen molar-refractivity contribution in [3.05, 3.63) is 0 Å². The van der Waals surface area contributed by atoms with Gasteiger partial charge in [-0.05, 0) is 44.6 Å². The summed E-state index contributed by atoms with van der Waals surface area (Å²) in [5.41, 5.74) is 0. The third kappa shape index (κ3) is 3.95. The molecule has 1 N–H and O–H groups in total. The monoisotopic (exact) mass is 254 g/mol. The quantitative estimate of drug-likeness (QED) is 0.821. The van der Waals surface area contributed by atoms with Gasteiger partial charge in [0.05, 0.1) is 5.92 Å². The smallest absolute Gasteiger partial charge is 0.226 e. The average Bonchev–Trinajstić information content (AvgIpc) is 2.46. The molecule has 0 bridgehead atoms. The maximum Gasteiger partial charge on any atom is 0.226 e. The van der Waals surface area contributed by atoms with Crippen molar-refractivity contribution in [3.63, 3.8) is 0 Å². The van der Waals surface area contributed by atoms with Crippen LogP contribution in [0.2, 0.25) is 0 Å². The summed E-state index contributed by atoms with van der Waals surface area (Å²) >= 11 is 0. The minimum atomic E-state index is 0.207. The fraction of sp³-hybridized carbons (Fsp3) is 0.929. The summed E-state index contributed by atoms with van der Waals surface area (Å²) in [6.45, 7) is 4.62. The number of hydrogen-bond acceptors (Lipinski definition) is 3. The molecule has 4 heteroatoms. The lowest BCUT2D eigenvalue weighted by molar-refractivity contribution is -0.134. The van der Waals surface area contributed by atoms with Gasteiger partial charge in [-0.25, -0.2) is 0 Å². The van der Waals surface area contributed by atoms with E-state index in [4.69, 9.17) is 4.74 Å². The molecule has 0 saturated carbocycles. The summed E-state index contributed by atoms with van der Waals surface area (Å²) < 4.78 is 5.36. The number of piperidine rings is 1. The number of hydrogen-bond donors (Lipinski definition) is 1. The number of carbonyl (C=O) groups excluding carboxylic acids is 1. The molecule has 2 aliphatic rings. The van der Waals surface area contributed by atoms with Gasteiger partial charge in [0.15, 0.2) is 0 Å². The Morgan fingerprint density at radius 1 is 1.33 bits per heavy atom. The molecule has 0 aliphatic carbocycles. The molecule has 2 fully saturated rings. The standard InChI is InChI=1S/C14H26N2O2/c1-16(8-4-12-5-9-18-10-6-12)14(17)13-3-2-7-15-11-13/h12-13,15H,2-11H2,1H3. The molecule has 0 aromatic heterocycles. The van der Waals surface area contributed by atoms with E-state index in [9.17, 15) is 4.79 Å². The normalized spacial score (nSPS) is 25.9. The summed E-state index contributed by atoms with van der Waals surface area (Å²) in [6, 6.07) is 0. The van der Waals surface area contributed by atoms with Crippen LogP contribution in [-0.2, 0) is 9.53 Å². The highest BCUT2D eigenvalue weighted by Crippen LogP contribution is 2.19. The van der Waals surface area contributed by atoms with Crippen LogP contribution in [0.4, 0.5) is 0 Å². The van der Waals surface area contributed by atoms with Crippen LogP contribution in [0.25, 0.3) is 0 Å². The predicted octanol–water partition coefficient (Wildman–Crippen LogP) is 1.26. The van der Waals surface area contributed by atoms with Gasteiger partial charge in [-0.3, -0.25) is 4.79 Å². The molecule has 18 heavy (non-hydrogen) atoms. The molecule has 0 radical (unpaired) electrons. The van der Waals surface area contributed by atoms with Crippen molar-refractivity contribution >= 4 is 5.91 Å². The topological polar surface area (TPSA) is 41.6 Å². The van der Waals surface area contributed by atoms with Gasteiger partial charge in [0.25, 0.3) is 0 Å². The van der Waals surface area contributed by atoms with Gasteiger partial charge in [-0.2, -0.15) is 0 Å². The first-order valence-electron chi connectivity index (χ1n) is 7.31. The van der Waals surface area contributed by atoms with E-state index < -0.39 is 0 Å². The summed E-state index contributed by atoms with van der Waals surface area (Å²) in [6.07, 6.45) is 5.63. The zero-order valence-corrected chi connectivity index (χ0v) is 11.5. The third-order valence-corrected chi connectivity index (χ3v) is 4.24. The first kappa shape index (κ1) is 13.8. The van der Waals surface area contributed by atoms with Crippen LogP contribution in [0.1, 0.15) is 32.1 Å². The van der Waals surface area contributed by atoms with E-state index in [1.165, 1.54) is 0 Å². The lowest BCUT2D eigenvalue weighted by Crippen LogP contribution is -2.42. The fourth-order valence-electron chi connectivity index (χ4n) is 2.90. The van der Waals surface area contributed by atoms with Gasteiger partial charge in [-0.15, -0.1) is 0 Å². The number of amides is 1. The number of nitrogens with one attached hydrogen (secondary N) is 1. The minimum Gasteiger partial charge on any atom is -0.381 e. The molecule has 2 heterocycles. The van der Waals surface area contributed by atoms with Crippen LogP contribution in [-0.4, -0.2) is 50.7 Å². The summed E-state index contributed by atoms with van der Waals surface area (Å²) in [7, 11) is 1.95. The van der Waals surface area contributed by atoms with Crippen LogP contribution >= 0.6 is 0 Å². The van der Waals surface area contributed by atoms with Gasteiger partial charge < -0.3 is 15.0 Å². The lowest BCUT2D eigenvalue weighted by atomic mass is 9.95. The van der Waals surface area contributed by atoms with E-state index in [0.717, 1.165) is 70.9 Å². The first-order chi connectivity index (χ1) is 8.77. The highest BCUT2D eigenvalue weighted by molar-refractivity contribution is 5.78. The molecule has 2 aliphatic heterocycles. The second kappa shape index (κ2) is 7.10. The van der Waals surface area contributed by atoms with Crippen molar-refractivity contribution < 1.29 is 9.53 Å². The molecule has 0 aromatic carbocycles. The Morgan fingerprint density at radius 3 is 2.78 bits per heavy atom. The van der Waals surface area contributed by atoms with Crippen LogP contribution in [0.5, 0.6) is 0 Å². The highest BCUT2D eigenvalue weighted by Gasteiger charge is 2.24. The molecule has 1 amide bonds. The molecule has 1 atom stereocenters. The zero-order valence-electron chi connectivity index (χ0n) is 11.5. The van der Waals surface area contributed by atoms with Crippen molar-refractivity contribution in [1.82, 2.24) is 10.2 Å². The van der Waals surface area contributed by atoms with Crippen LogP contribution in [0.3, 0.4) is 0 Å². The summed E-state index contributed by atoms with van der Waals surface area (Å²) in [4.78, 5) is 14.2. The van der Waals surface area contributed by atoms with Gasteiger partial charge in [0, 0.05) is 33.4 Å². The van der Waals surface area contributed by atoms with E-state index >= 15 is 0 Å². The second-order valence-corrected chi connectivity index (χ2v) is 5.65. The van der Waals surface area contributed by atoms with Crippen molar-refractivity contribution in [1.29, 1.82) is 0 Å². The molecule has 0 spiro atoms. The Morgan fingerprint density at radius 2 is 2.11 bits per heavy atom. The van der Waals surface area contributed by atoms with Crippen molar-refractivity contribution in [2.75, 3.05) is 39.9 Å². The molecule has 2 saturated heterocycles. The van der Waals surface area contributed by atoms with E-state index in [2.05, 4.69) is 5.32 Å². The van der Waals surface area contributed by atoms with Crippen molar-refractivity contribution in [3.8, 4) is 0 Å². The summed E-state index contributed by atoms with van der Waals surface area (Å²) in [5.74, 6) is 1.28. The molecule has 4 nitrogen and oxygen atoms in total. The maximum atomic E-state index is 12.2. The van der Waals surface area contributed by atoms with Crippen LogP contribution < -0.4 is 5.32 Å². The lowest BCUT2D eigenvalue weighted by Gasteiger charge is -2.29. The largest absolute Gasteiger partial charge is 0.381 e. The van der Waals surface area contributed by atoms with Gasteiger partial charge >= 0.3 is 0 Å². The number of rotatable bonds is 4. The minimum absolute atomic E-state index is 0.207. The Balaban J connectivity index is 1.69. The van der Waals surface area contributed by atoms with Gasteiger partial charge in [-0.1, -0.05) is 0 Å². The number of nitrogens with zero attached hydrogens (tertiary/aromatic N) is 1. The zero-order chi connectivity index (χ0) is 12.8. The Bertz CT molecular complexity index is 259. The van der Waals surface area contributed by atoms with Crippen molar-refractivity contribution in [2.24, 2.45) is 11.8 Å². The average molecular weight is 254 g/mol. The third-order valence-electron chi connectivity index (χ3n) is 4.24. The second-order valence-electron chi connectivity index (χ2n) is 5.65.